The van der Waals surface area contributed by atoms with E-state index in [2.05, 4.69) is 22.6 Å². The summed E-state index contributed by atoms with van der Waals surface area (Å²) in [6, 6.07) is 0. The molecular weight excluding hydrogens is 283 g/mol. The van der Waals surface area contributed by atoms with Gasteiger partial charge in [-0.3, -0.25) is 4.79 Å². The van der Waals surface area contributed by atoms with E-state index < -0.39 is 0 Å². The molecule has 1 aliphatic carbocycles. The molecule has 0 N–H and O–H groups in total. The molecule has 1 fully saturated rings. The van der Waals surface area contributed by atoms with E-state index in [1.165, 1.54) is 0 Å². The molecule has 0 amide bonds. The van der Waals surface area contributed by atoms with E-state index in [1.54, 1.807) is 7.11 Å². The van der Waals surface area contributed by atoms with Gasteiger partial charge in [0.25, 0.3) is 0 Å². The molecule has 13 heavy (non-hydrogen) atoms. The molecule has 0 bridgehead atoms. The van der Waals surface area contributed by atoms with Crippen LogP contribution in [-0.2, 0) is 14.3 Å². The Labute approximate surface area is 92.3 Å². The van der Waals surface area contributed by atoms with Crippen molar-refractivity contribution in [1.82, 2.24) is 0 Å². The Morgan fingerprint density at radius 3 is 2.69 bits per heavy atom. The van der Waals surface area contributed by atoms with Crippen LogP contribution in [0.5, 0.6) is 0 Å². The molecule has 1 aliphatic rings. The second-order valence-electron chi connectivity index (χ2n) is 3.21. The van der Waals surface area contributed by atoms with E-state index in [0.717, 1.165) is 12.8 Å². The zero-order chi connectivity index (χ0) is 9.84. The number of alkyl halides is 1. The highest BCUT2D eigenvalue weighted by Crippen LogP contribution is 2.33. The van der Waals surface area contributed by atoms with E-state index in [9.17, 15) is 4.79 Å². The van der Waals surface area contributed by atoms with Crippen LogP contribution in [0.1, 0.15) is 19.8 Å². The number of ether oxygens (including phenoxy) is 2. The fourth-order valence-electron chi connectivity index (χ4n) is 1.64. The molecule has 0 aromatic rings. The van der Waals surface area contributed by atoms with Gasteiger partial charge < -0.3 is 9.47 Å². The molecule has 3 nitrogen and oxygen atoms in total. The van der Waals surface area contributed by atoms with Crippen molar-refractivity contribution in [1.29, 1.82) is 0 Å². The smallest absolute Gasteiger partial charge is 0.309 e. The van der Waals surface area contributed by atoms with E-state index in [1.807, 2.05) is 6.92 Å². The zero-order valence-electron chi connectivity index (χ0n) is 7.96. The fourth-order valence-corrected chi connectivity index (χ4v) is 2.85. The van der Waals surface area contributed by atoms with Gasteiger partial charge in [0, 0.05) is 11.0 Å². The Hall–Kier alpha value is 0.160. The van der Waals surface area contributed by atoms with Crippen LogP contribution in [-0.4, -0.2) is 29.7 Å². The molecule has 0 aromatic heterocycles. The molecule has 3 atom stereocenters. The summed E-state index contributed by atoms with van der Waals surface area (Å²) >= 11 is 2.34. The first-order chi connectivity index (χ1) is 6.19. The summed E-state index contributed by atoms with van der Waals surface area (Å²) in [5.74, 6) is -0.0180. The molecule has 0 heterocycles. The molecule has 0 aromatic carbocycles. The minimum Gasteiger partial charge on any atom is -0.466 e. The van der Waals surface area contributed by atoms with Crippen molar-refractivity contribution in [2.75, 3.05) is 13.7 Å². The number of halogens is 1. The molecule has 3 unspecified atom stereocenters. The van der Waals surface area contributed by atoms with Gasteiger partial charge in [-0.1, -0.05) is 22.6 Å². The number of carbonyl (C=O) groups excluding carboxylic acids is 1. The Morgan fingerprint density at radius 1 is 1.54 bits per heavy atom. The zero-order valence-corrected chi connectivity index (χ0v) is 10.1. The highest BCUT2D eigenvalue weighted by Gasteiger charge is 2.37. The second kappa shape index (κ2) is 5.14. The quantitative estimate of drug-likeness (QED) is 0.452. The van der Waals surface area contributed by atoms with E-state index >= 15 is 0 Å². The monoisotopic (exact) mass is 298 g/mol. The minimum atomic E-state index is -0.0660. The van der Waals surface area contributed by atoms with Crippen molar-refractivity contribution in [2.24, 2.45) is 5.92 Å². The molecule has 0 saturated heterocycles. The summed E-state index contributed by atoms with van der Waals surface area (Å²) in [5, 5.41) is 0. The van der Waals surface area contributed by atoms with Gasteiger partial charge in [-0.05, 0) is 19.8 Å². The molecule has 76 valence electrons. The topological polar surface area (TPSA) is 35.5 Å². The number of methoxy groups -OCH3 is 1. The Bertz CT molecular complexity index is 184. The Balaban J connectivity index is 2.43. The van der Waals surface area contributed by atoms with Gasteiger partial charge in [0.05, 0.1) is 18.6 Å². The van der Waals surface area contributed by atoms with Gasteiger partial charge in [0.2, 0.25) is 0 Å². The number of carbonyl (C=O) groups is 1. The van der Waals surface area contributed by atoms with E-state index in [0.29, 0.717) is 10.5 Å². The molecule has 0 spiro atoms. The summed E-state index contributed by atoms with van der Waals surface area (Å²) in [6.07, 6.45) is 1.91. The van der Waals surface area contributed by atoms with Crippen LogP contribution < -0.4 is 0 Å². The van der Waals surface area contributed by atoms with Crippen LogP contribution in [0, 0.1) is 5.92 Å². The Kier molecular flexibility index (Phi) is 4.45. The predicted octanol–water partition coefficient (Wildman–Crippen LogP) is 1.78. The van der Waals surface area contributed by atoms with Crippen molar-refractivity contribution < 1.29 is 14.3 Å². The molecule has 1 saturated carbocycles. The van der Waals surface area contributed by atoms with Crippen LogP contribution in [0.2, 0.25) is 0 Å². The van der Waals surface area contributed by atoms with E-state index in [4.69, 9.17) is 9.47 Å². The summed E-state index contributed by atoms with van der Waals surface area (Å²) in [4.78, 5) is 11.4. The third-order valence-electron chi connectivity index (χ3n) is 2.35. The summed E-state index contributed by atoms with van der Waals surface area (Å²) in [5.41, 5.74) is 0. The van der Waals surface area contributed by atoms with Crippen molar-refractivity contribution in [3.63, 3.8) is 0 Å². The molecule has 0 aliphatic heterocycles. The largest absolute Gasteiger partial charge is 0.466 e. The number of esters is 1. The first-order valence-electron chi connectivity index (χ1n) is 4.52. The predicted molar refractivity (Wildman–Crippen MR) is 58.0 cm³/mol. The molecule has 1 rings (SSSR count). The lowest BCUT2D eigenvalue weighted by Gasteiger charge is -2.10. The van der Waals surface area contributed by atoms with Crippen LogP contribution in [0.4, 0.5) is 0 Å². The highest BCUT2D eigenvalue weighted by atomic mass is 127. The first kappa shape index (κ1) is 11.2. The SMILES string of the molecule is CCOC(=O)C1CC(I)C(OC)C1. The summed E-state index contributed by atoms with van der Waals surface area (Å²) in [6.45, 7) is 2.31. The third-order valence-corrected chi connectivity index (χ3v) is 3.66. The summed E-state index contributed by atoms with van der Waals surface area (Å²) < 4.78 is 10.7. The van der Waals surface area contributed by atoms with Crippen molar-refractivity contribution >= 4 is 28.6 Å². The standard InChI is InChI=1S/C9H15IO3/c1-3-13-9(11)6-4-7(10)8(5-6)12-2/h6-8H,3-5H2,1-2H3. The van der Waals surface area contributed by atoms with Crippen molar-refractivity contribution in [3.8, 4) is 0 Å². The van der Waals surface area contributed by atoms with Crippen LogP contribution >= 0.6 is 22.6 Å². The highest BCUT2D eigenvalue weighted by molar-refractivity contribution is 14.1. The lowest BCUT2D eigenvalue weighted by Crippen LogP contribution is -2.16. The van der Waals surface area contributed by atoms with Crippen molar-refractivity contribution in [2.45, 2.75) is 29.8 Å². The maximum Gasteiger partial charge on any atom is 0.309 e. The molecular formula is C9H15IO3. The van der Waals surface area contributed by atoms with Gasteiger partial charge in [-0.2, -0.15) is 0 Å². The lowest BCUT2D eigenvalue weighted by atomic mass is 10.1. The van der Waals surface area contributed by atoms with Crippen LogP contribution in [0.15, 0.2) is 0 Å². The molecule has 0 radical (unpaired) electrons. The lowest BCUT2D eigenvalue weighted by molar-refractivity contribution is -0.148. The number of rotatable bonds is 3. The maximum absolute atomic E-state index is 11.4. The van der Waals surface area contributed by atoms with Gasteiger partial charge in [-0.15, -0.1) is 0 Å². The number of hydrogen-bond acceptors (Lipinski definition) is 3. The van der Waals surface area contributed by atoms with Gasteiger partial charge in [-0.25, -0.2) is 0 Å². The van der Waals surface area contributed by atoms with Gasteiger partial charge >= 0.3 is 5.97 Å². The fraction of sp³-hybridized carbons (Fsp3) is 0.889. The van der Waals surface area contributed by atoms with Crippen LogP contribution in [0.3, 0.4) is 0 Å². The van der Waals surface area contributed by atoms with Crippen LogP contribution in [0.25, 0.3) is 0 Å². The second-order valence-corrected chi connectivity index (χ2v) is 4.81. The maximum atomic E-state index is 11.4. The van der Waals surface area contributed by atoms with E-state index in [-0.39, 0.29) is 18.0 Å². The van der Waals surface area contributed by atoms with Gasteiger partial charge in [0.15, 0.2) is 0 Å². The van der Waals surface area contributed by atoms with Gasteiger partial charge in [0.1, 0.15) is 0 Å². The average molecular weight is 298 g/mol. The summed E-state index contributed by atoms with van der Waals surface area (Å²) in [7, 11) is 1.70. The average Bonchev–Trinajstić information content (AvgIpc) is 2.47. The third kappa shape index (κ3) is 2.80. The Morgan fingerprint density at radius 2 is 2.23 bits per heavy atom. The van der Waals surface area contributed by atoms with Crippen molar-refractivity contribution in [3.05, 3.63) is 0 Å². The first-order valence-corrected chi connectivity index (χ1v) is 5.77. The normalized spacial score (nSPS) is 33.3. The molecule has 4 heteroatoms. The number of hydrogen-bond donors (Lipinski definition) is 0. The minimum absolute atomic E-state index is 0.0480.